The van der Waals surface area contributed by atoms with Crippen molar-refractivity contribution in [2.75, 3.05) is 0 Å². The molecule has 0 amide bonds. The van der Waals surface area contributed by atoms with Gasteiger partial charge in [-0.15, -0.1) is 0 Å². The van der Waals surface area contributed by atoms with Crippen LogP contribution in [0, 0.1) is 0 Å². The minimum absolute atomic E-state index is 0.138. The summed E-state index contributed by atoms with van der Waals surface area (Å²) in [6.07, 6.45) is 0. The number of aliphatic imine (C=N–C) groups is 1. The molecule has 84 valence electrons. The summed E-state index contributed by atoms with van der Waals surface area (Å²) in [7, 11) is 0. The van der Waals surface area contributed by atoms with Crippen molar-refractivity contribution >= 4 is 33.1 Å². The number of ketones is 1. The number of fused-ring (bicyclic) bond motifs is 3. The molecule has 0 spiro atoms. The number of hydrazine groups is 1. The van der Waals surface area contributed by atoms with E-state index in [2.05, 4.69) is 32.6 Å². The smallest absolute Gasteiger partial charge is 0.214 e. The zero-order chi connectivity index (χ0) is 12.2. The first-order valence-electron chi connectivity index (χ1n) is 4.84. The predicted octanol–water partition coefficient (Wildman–Crippen LogP) is 1.45. The Morgan fingerprint density at radius 3 is 2.82 bits per heavy atom. The fourth-order valence-corrected chi connectivity index (χ4v) is 2.18. The van der Waals surface area contributed by atoms with Crippen LogP contribution in [0.4, 0.5) is 0 Å². The first-order valence-corrected chi connectivity index (χ1v) is 5.63. The molecule has 0 bridgehead atoms. The summed E-state index contributed by atoms with van der Waals surface area (Å²) >= 11 is 3.36. The third kappa shape index (κ3) is 1.38. The number of benzene rings is 1. The number of nitrogens with two attached hydrogens (primary N) is 1. The summed E-state index contributed by atoms with van der Waals surface area (Å²) in [4.78, 5) is 16.1. The number of halogens is 1. The molecule has 1 heterocycles. The van der Waals surface area contributed by atoms with E-state index in [0.717, 1.165) is 15.2 Å². The van der Waals surface area contributed by atoms with E-state index in [0.29, 0.717) is 17.0 Å². The van der Waals surface area contributed by atoms with E-state index < -0.39 is 0 Å². The molecule has 1 aliphatic heterocycles. The Balaban J connectivity index is 2.28. The molecule has 0 aromatic heterocycles. The van der Waals surface area contributed by atoms with E-state index in [-0.39, 0.29) is 11.6 Å². The summed E-state index contributed by atoms with van der Waals surface area (Å²) in [5, 5.41) is 5.19. The monoisotopic (exact) mass is 290 g/mol. The van der Waals surface area contributed by atoms with Gasteiger partial charge in [-0.25, -0.2) is 10.8 Å². The average molecular weight is 291 g/mol. The molecule has 5 nitrogen and oxygen atoms in total. The standard InChI is InChI=1S/C11H7BrN4O/c1-5-14-10-9(15-16(5)13)8-4-6(12)2-3-7(8)11(10)17/h2-4H,1,13H2. The second-order valence-corrected chi connectivity index (χ2v) is 4.60. The fourth-order valence-electron chi connectivity index (χ4n) is 1.82. The number of carbonyl (C=O) groups excluding carboxylic acids is 1. The molecule has 0 unspecified atom stereocenters. The van der Waals surface area contributed by atoms with Gasteiger partial charge in [0.2, 0.25) is 5.78 Å². The lowest BCUT2D eigenvalue weighted by Crippen LogP contribution is -2.32. The van der Waals surface area contributed by atoms with Gasteiger partial charge in [-0.2, -0.15) is 10.2 Å². The predicted molar refractivity (Wildman–Crippen MR) is 67.6 cm³/mol. The van der Waals surface area contributed by atoms with Gasteiger partial charge in [0.1, 0.15) is 11.4 Å². The maximum absolute atomic E-state index is 12.1. The van der Waals surface area contributed by atoms with Crippen LogP contribution in [0.1, 0.15) is 15.9 Å². The van der Waals surface area contributed by atoms with E-state index in [1.54, 1.807) is 6.07 Å². The highest BCUT2D eigenvalue weighted by molar-refractivity contribution is 9.10. The fraction of sp³-hybridized carbons (Fsp3) is 0. The van der Waals surface area contributed by atoms with Crippen LogP contribution in [0.3, 0.4) is 0 Å². The zero-order valence-corrected chi connectivity index (χ0v) is 10.2. The van der Waals surface area contributed by atoms with Gasteiger partial charge in [0.15, 0.2) is 5.82 Å². The molecule has 0 atom stereocenters. The van der Waals surface area contributed by atoms with Crippen molar-refractivity contribution < 1.29 is 4.79 Å². The van der Waals surface area contributed by atoms with Crippen molar-refractivity contribution in [3.8, 4) is 0 Å². The van der Waals surface area contributed by atoms with E-state index in [9.17, 15) is 4.79 Å². The topological polar surface area (TPSA) is 71.0 Å². The number of Topliss-reactive ketones (excluding diaryl/α,β-unsaturated/α-hetero) is 1. The van der Waals surface area contributed by atoms with Gasteiger partial charge in [-0.3, -0.25) is 4.79 Å². The third-order valence-electron chi connectivity index (χ3n) is 2.63. The third-order valence-corrected chi connectivity index (χ3v) is 3.13. The largest absolute Gasteiger partial charge is 0.287 e. The van der Waals surface area contributed by atoms with Crippen molar-refractivity contribution in [1.29, 1.82) is 0 Å². The van der Waals surface area contributed by atoms with Crippen LogP contribution >= 0.6 is 15.9 Å². The van der Waals surface area contributed by atoms with Crippen LogP contribution in [-0.4, -0.2) is 22.3 Å². The molecular formula is C11H7BrN4O. The van der Waals surface area contributed by atoms with Crippen LogP contribution in [0.2, 0.25) is 0 Å². The Kier molecular flexibility index (Phi) is 2.04. The number of rotatable bonds is 0. The van der Waals surface area contributed by atoms with E-state index in [4.69, 9.17) is 5.84 Å². The summed E-state index contributed by atoms with van der Waals surface area (Å²) in [5.74, 6) is 5.71. The maximum Gasteiger partial charge on any atom is 0.214 e. The molecule has 1 aliphatic carbocycles. The average Bonchev–Trinajstić information content (AvgIpc) is 2.54. The van der Waals surface area contributed by atoms with Crippen molar-refractivity contribution in [3.05, 3.63) is 46.2 Å². The summed E-state index contributed by atoms with van der Waals surface area (Å²) in [6, 6.07) is 5.38. The lowest BCUT2D eigenvalue weighted by atomic mass is 10.1. The van der Waals surface area contributed by atoms with Crippen molar-refractivity contribution in [2.45, 2.75) is 0 Å². The molecule has 0 radical (unpaired) electrons. The Bertz CT molecular complexity index is 632. The number of nitrogens with zero attached hydrogens (tertiary/aromatic N) is 3. The van der Waals surface area contributed by atoms with Gasteiger partial charge in [0.05, 0.1) is 0 Å². The summed E-state index contributed by atoms with van der Waals surface area (Å²) < 4.78 is 0.876. The van der Waals surface area contributed by atoms with Gasteiger partial charge in [0.25, 0.3) is 0 Å². The van der Waals surface area contributed by atoms with Gasteiger partial charge in [-0.1, -0.05) is 22.5 Å². The van der Waals surface area contributed by atoms with Gasteiger partial charge >= 0.3 is 0 Å². The highest BCUT2D eigenvalue weighted by Crippen LogP contribution is 2.27. The van der Waals surface area contributed by atoms with Gasteiger partial charge < -0.3 is 0 Å². The van der Waals surface area contributed by atoms with Crippen LogP contribution in [0.5, 0.6) is 0 Å². The molecule has 6 heteroatoms. The molecule has 17 heavy (non-hydrogen) atoms. The van der Waals surface area contributed by atoms with Crippen LogP contribution in [-0.2, 0) is 0 Å². The normalized spacial score (nSPS) is 17.6. The molecule has 2 N–H and O–H groups in total. The highest BCUT2D eigenvalue weighted by Gasteiger charge is 2.36. The lowest BCUT2D eigenvalue weighted by Gasteiger charge is -2.17. The van der Waals surface area contributed by atoms with Gasteiger partial charge in [-0.05, 0) is 18.2 Å². The maximum atomic E-state index is 12.1. The molecule has 1 aromatic rings. The minimum atomic E-state index is -0.138. The quantitative estimate of drug-likeness (QED) is 0.735. The molecule has 1 aromatic carbocycles. The Morgan fingerprint density at radius 1 is 1.29 bits per heavy atom. The number of hydrazone groups is 1. The molecule has 0 saturated carbocycles. The second-order valence-electron chi connectivity index (χ2n) is 3.69. The first kappa shape index (κ1) is 10.4. The van der Waals surface area contributed by atoms with Crippen molar-refractivity contribution in [2.24, 2.45) is 15.9 Å². The van der Waals surface area contributed by atoms with Gasteiger partial charge in [0, 0.05) is 15.6 Å². The van der Waals surface area contributed by atoms with E-state index in [1.165, 1.54) is 0 Å². The minimum Gasteiger partial charge on any atom is -0.287 e. The summed E-state index contributed by atoms with van der Waals surface area (Å²) in [6.45, 7) is 3.62. The van der Waals surface area contributed by atoms with E-state index in [1.807, 2.05) is 12.1 Å². The molecule has 0 fully saturated rings. The highest BCUT2D eigenvalue weighted by atomic mass is 79.9. The molecular weight excluding hydrogens is 284 g/mol. The Labute approximate surface area is 105 Å². The SMILES string of the molecule is C=C1N=C2C(=O)c3ccc(Br)cc3C2=NN1N. The number of hydrogen-bond donors (Lipinski definition) is 1. The van der Waals surface area contributed by atoms with Crippen LogP contribution in [0.15, 0.2) is 45.2 Å². The van der Waals surface area contributed by atoms with Crippen LogP contribution in [0.25, 0.3) is 0 Å². The zero-order valence-electron chi connectivity index (χ0n) is 8.64. The first-order chi connectivity index (χ1) is 8.08. The van der Waals surface area contributed by atoms with Crippen molar-refractivity contribution in [3.63, 3.8) is 0 Å². The second kappa shape index (κ2) is 3.35. The number of hydrogen-bond acceptors (Lipinski definition) is 5. The van der Waals surface area contributed by atoms with E-state index >= 15 is 0 Å². The molecule has 3 rings (SSSR count). The molecule has 2 aliphatic rings. The summed E-state index contributed by atoms with van der Waals surface area (Å²) in [5.41, 5.74) is 2.14. The lowest BCUT2D eigenvalue weighted by molar-refractivity contribution is 0.106. The van der Waals surface area contributed by atoms with Crippen molar-refractivity contribution in [1.82, 2.24) is 5.12 Å². The Morgan fingerprint density at radius 2 is 2.06 bits per heavy atom. The number of carbonyl (C=O) groups is 1. The molecule has 0 saturated heterocycles. The Hall–Kier alpha value is -1.79. The van der Waals surface area contributed by atoms with Crippen LogP contribution < -0.4 is 5.84 Å².